The first-order valence-electron chi connectivity index (χ1n) is 7.75. The Hall–Kier alpha value is -1.90. The van der Waals surface area contributed by atoms with Crippen LogP contribution in [0.2, 0.25) is 0 Å². The Morgan fingerprint density at radius 3 is 2.00 bits per heavy atom. The van der Waals surface area contributed by atoms with Gasteiger partial charge in [0.05, 0.1) is 0 Å². The van der Waals surface area contributed by atoms with E-state index in [-0.39, 0.29) is 25.9 Å². The fourth-order valence-corrected chi connectivity index (χ4v) is 1.98. The molecule has 0 aliphatic carbocycles. The summed E-state index contributed by atoms with van der Waals surface area (Å²) in [5, 5.41) is 9.45. The predicted molar refractivity (Wildman–Crippen MR) is 83.5 cm³/mol. The highest BCUT2D eigenvalue weighted by molar-refractivity contribution is 5.90. The maximum Gasteiger partial charge on any atom is 0.410 e. The van der Waals surface area contributed by atoms with Crippen molar-refractivity contribution in [1.82, 2.24) is 15.8 Å². The number of likely N-dealkylation sites (tertiary alicyclic amines) is 1. The Bertz CT molecular complexity index is 502. The SMILES string of the molecule is CC(C)(C)OC(=O)N1CCC(F)(C(=O)NNC(=O)C(C)(C)O)CC1. The van der Waals surface area contributed by atoms with Crippen LogP contribution in [0.3, 0.4) is 0 Å². The smallest absolute Gasteiger partial charge is 0.410 e. The molecule has 3 amide bonds. The topological polar surface area (TPSA) is 108 Å². The molecule has 0 radical (unpaired) electrons. The monoisotopic (exact) mass is 347 g/mol. The van der Waals surface area contributed by atoms with Gasteiger partial charge in [0, 0.05) is 25.9 Å². The highest BCUT2D eigenvalue weighted by Crippen LogP contribution is 2.27. The minimum Gasteiger partial charge on any atom is -0.444 e. The quantitative estimate of drug-likeness (QED) is 0.636. The van der Waals surface area contributed by atoms with E-state index in [9.17, 15) is 23.9 Å². The number of hydrogen-bond donors (Lipinski definition) is 3. The highest BCUT2D eigenvalue weighted by Gasteiger charge is 2.43. The summed E-state index contributed by atoms with van der Waals surface area (Å²) in [6.07, 6.45) is -0.979. The third kappa shape index (κ3) is 5.63. The van der Waals surface area contributed by atoms with Crippen molar-refractivity contribution in [3.63, 3.8) is 0 Å². The van der Waals surface area contributed by atoms with E-state index >= 15 is 0 Å². The lowest BCUT2D eigenvalue weighted by Gasteiger charge is -2.36. The molecule has 138 valence electrons. The van der Waals surface area contributed by atoms with Crippen LogP contribution < -0.4 is 10.9 Å². The summed E-state index contributed by atoms with van der Waals surface area (Å²) in [7, 11) is 0. The first-order chi connectivity index (χ1) is 10.7. The lowest BCUT2D eigenvalue weighted by atomic mass is 9.93. The molecule has 0 bridgehead atoms. The Labute approximate surface area is 140 Å². The zero-order chi connectivity index (χ0) is 18.8. The molecule has 1 aliphatic heterocycles. The normalized spacial score (nSPS) is 17.9. The number of piperidine rings is 1. The summed E-state index contributed by atoms with van der Waals surface area (Å²) in [6, 6.07) is 0. The van der Waals surface area contributed by atoms with Crippen molar-refractivity contribution < 1.29 is 28.6 Å². The predicted octanol–water partition coefficient (Wildman–Crippen LogP) is 0.644. The number of nitrogens with zero attached hydrogens (tertiary/aromatic N) is 1. The molecule has 0 atom stereocenters. The van der Waals surface area contributed by atoms with Crippen LogP contribution in [0.25, 0.3) is 0 Å². The molecule has 24 heavy (non-hydrogen) atoms. The van der Waals surface area contributed by atoms with Crippen molar-refractivity contribution in [2.75, 3.05) is 13.1 Å². The third-order valence-electron chi connectivity index (χ3n) is 3.46. The van der Waals surface area contributed by atoms with E-state index in [2.05, 4.69) is 0 Å². The zero-order valence-corrected chi connectivity index (χ0v) is 14.7. The Morgan fingerprint density at radius 1 is 1.08 bits per heavy atom. The van der Waals surface area contributed by atoms with Gasteiger partial charge >= 0.3 is 6.09 Å². The molecule has 1 saturated heterocycles. The van der Waals surface area contributed by atoms with Gasteiger partial charge in [-0.1, -0.05) is 0 Å². The highest BCUT2D eigenvalue weighted by atomic mass is 19.1. The minimum atomic E-state index is -2.20. The van der Waals surface area contributed by atoms with Gasteiger partial charge in [0.25, 0.3) is 11.8 Å². The average molecular weight is 347 g/mol. The number of amides is 3. The van der Waals surface area contributed by atoms with Crippen molar-refractivity contribution in [2.45, 2.75) is 64.3 Å². The molecule has 1 rings (SSSR count). The lowest BCUT2D eigenvalue weighted by Crippen LogP contribution is -2.58. The molecule has 0 aromatic heterocycles. The van der Waals surface area contributed by atoms with Gasteiger partial charge in [-0.25, -0.2) is 9.18 Å². The van der Waals surface area contributed by atoms with E-state index in [1.807, 2.05) is 10.9 Å². The summed E-state index contributed by atoms with van der Waals surface area (Å²) < 4.78 is 19.9. The van der Waals surface area contributed by atoms with Gasteiger partial charge in [-0.2, -0.15) is 0 Å². The molecule has 0 aromatic rings. The van der Waals surface area contributed by atoms with E-state index in [0.717, 1.165) is 0 Å². The number of rotatable bonds is 2. The molecular formula is C15H26FN3O5. The van der Waals surface area contributed by atoms with Crippen molar-refractivity contribution in [1.29, 1.82) is 0 Å². The first kappa shape index (κ1) is 20.1. The maximum atomic E-state index is 14.7. The number of halogens is 1. The summed E-state index contributed by atoms with van der Waals surface area (Å²) in [4.78, 5) is 36.7. The molecule has 0 unspecified atom stereocenters. The molecule has 1 fully saturated rings. The van der Waals surface area contributed by atoms with Crippen LogP contribution >= 0.6 is 0 Å². The molecule has 3 N–H and O–H groups in total. The molecule has 0 saturated carbocycles. The molecule has 1 heterocycles. The van der Waals surface area contributed by atoms with Crippen molar-refractivity contribution in [2.24, 2.45) is 0 Å². The number of hydrogen-bond acceptors (Lipinski definition) is 5. The number of nitrogens with one attached hydrogen (secondary N) is 2. The standard InChI is InChI=1S/C15H26FN3O5/c1-13(2,3)24-12(22)19-8-6-15(16,7-9-19)11(21)18-17-10(20)14(4,5)23/h23H,6-9H2,1-5H3,(H,17,20)(H,18,21). The number of ether oxygens (including phenoxy) is 1. The molecule has 0 spiro atoms. The van der Waals surface area contributed by atoms with Crippen LogP contribution in [0.15, 0.2) is 0 Å². The van der Waals surface area contributed by atoms with E-state index < -0.39 is 34.8 Å². The van der Waals surface area contributed by atoms with Gasteiger partial charge in [0.15, 0.2) is 5.67 Å². The molecule has 0 aromatic carbocycles. The summed E-state index contributed by atoms with van der Waals surface area (Å²) >= 11 is 0. The van der Waals surface area contributed by atoms with Crippen LogP contribution in [0, 0.1) is 0 Å². The number of alkyl halides is 1. The van der Waals surface area contributed by atoms with Gasteiger partial charge < -0.3 is 14.7 Å². The van der Waals surface area contributed by atoms with Gasteiger partial charge in [0.1, 0.15) is 11.2 Å². The van der Waals surface area contributed by atoms with E-state index in [1.165, 1.54) is 18.7 Å². The summed E-state index contributed by atoms with van der Waals surface area (Å²) in [5.74, 6) is -1.87. The molecule has 8 nitrogen and oxygen atoms in total. The van der Waals surface area contributed by atoms with Crippen molar-refractivity contribution in [3.8, 4) is 0 Å². The van der Waals surface area contributed by atoms with Crippen LogP contribution in [0.5, 0.6) is 0 Å². The number of aliphatic hydroxyl groups is 1. The minimum absolute atomic E-state index is 0.0261. The second kappa shape index (κ2) is 6.92. The molecule has 1 aliphatic rings. The van der Waals surface area contributed by atoms with Crippen LogP contribution in [-0.4, -0.2) is 57.9 Å². The number of hydrazine groups is 1. The second-order valence-corrected chi connectivity index (χ2v) is 7.40. The summed E-state index contributed by atoms with van der Waals surface area (Å²) in [5.41, 5.74) is -0.604. The van der Waals surface area contributed by atoms with E-state index in [4.69, 9.17) is 4.74 Å². The van der Waals surface area contributed by atoms with Crippen molar-refractivity contribution >= 4 is 17.9 Å². The van der Waals surface area contributed by atoms with Gasteiger partial charge in [-0.15, -0.1) is 0 Å². The van der Waals surface area contributed by atoms with Crippen LogP contribution in [0.4, 0.5) is 9.18 Å². The maximum absolute atomic E-state index is 14.7. The van der Waals surface area contributed by atoms with Crippen LogP contribution in [0.1, 0.15) is 47.5 Å². The Kier molecular flexibility index (Phi) is 5.81. The fourth-order valence-electron chi connectivity index (χ4n) is 1.98. The first-order valence-corrected chi connectivity index (χ1v) is 7.75. The molecule has 9 heteroatoms. The lowest BCUT2D eigenvalue weighted by molar-refractivity contribution is -0.144. The largest absolute Gasteiger partial charge is 0.444 e. The van der Waals surface area contributed by atoms with Gasteiger partial charge in [-0.05, 0) is 34.6 Å². The zero-order valence-electron chi connectivity index (χ0n) is 14.7. The average Bonchev–Trinajstić information content (AvgIpc) is 2.42. The van der Waals surface area contributed by atoms with Gasteiger partial charge in [-0.3, -0.25) is 20.4 Å². The van der Waals surface area contributed by atoms with Gasteiger partial charge in [0.2, 0.25) is 0 Å². The fraction of sp³-hybridized carbons (Fsp3) is 0.800. The number of carbonyl (C=O) groups excluding carboxylic acids is 3. The van der Waals surface area contributed by atoms with E-state index in [1.54, 1.807) is 20.8 Å². The van der Waals surface area contributed by atoms with Crippen molar-refractivity contribution in [3.05, 3.63) is 0 Å². The number of carbonyl (C=O) groups is 3. The summed E-state index contributed by atoms with van der Waals surface area (Å²) in [6.45, 7) is 7.71. The third-order valence-corrected chi connectivity index (χ3v) is 3.46. The Balaban J connectivity index is 2.53. The Morgan fingerprint density at radius 2 is 1.58 bits per heavy atom. The molecular weight excluding hydrogens is 321 g/mol. The van der Waals surface area contributed by atoms with Crippen LogP contribution in [-0.2, 0) is 14.3 Å². The second-order valence-electron chi connectivity index (χ2n) is 7.40. The van der Waals surface area contributed by atoms with E-state index in [0.29, 0.717) is 0 Å².